The summed E-state index contributed by atoms with van der Waals surface area (Å²) in [4.78, 5) is 32.7. The van der Waals surface area contributed by atoms with Crippen LogP contribution in [0.25, 0.3) is 0 Å². The first kappa shape index (κ1) is 15.2. The largest absolute Gasteiger partial charge is 0.480 e. The van der Waals surface area contributed by atoms with Gasteiger partial charge < -0.3 is 21.1 Å². The molecule has 98 valence electrons. The number of aliphatic carboxylic acids is 1. The number of carbonyl (C=O) groups is 3. The predicted molar refractivity (Wildman–Crippen MR) is 61.5 cm³/mol. The monoisotopic (exact) mass is 245 g/mol. The van der Waals surface area contributed by atoms with Crippen molar-refractivity contribution >= 4 is 17.9 Å². The Morgan fingerprint density at radius 1 is 1.18 bits per heavy atom. The summed E-state index contributed by atoms with van der Waals surface area (Å²) >= 11 is 0. The molecule has 17 heavy (non-hydrogen) atoms. The van der Waals surface area contributed by atoms with E-state index in [0.717, 1.165) is 6.42 Å². The quantitative estimate of drug-likeness (QED) is 0.492. The van der Waals surface area contributed by atoms with Gasteiger partial charge in [-0.3, -0.25) is 9.59 Å². The van der Waals surface area contributed by atoms with Gasteiger partial charge in [-0.15, -0.1) is 0 Å². The third-order valence-electron chi connectivity index (χ3n) is 1.93. The van der Waals surface area contributed by atoms with Crippen molar-refractivity contribution in [2.45, 2.75) is 32.7 Å². The van der Waals surface area contributed by atoms with Gasteiger partial charge in [0.25, 0.3) is 0 Å². The first-order valence-electron chi connectivity index (χ1n) is 5.51. The highest BCUT2D eigenvalue weighted by atomic mass is 16.4. The molecular weight excluding hydrogens is 226 g/mol. The van der Waals surface area contributed by atoms with Crippen LogP contribution < -0.4 is 16.0 Å². The third kappa shape index (κ3) is 8.06. The maximum absolute atomic E-state index is 11.1. The molecule has 7 heteroatoms. The molecule has 0 aliphatic rings. The lowest BCUT2D eigenvalue weighted by Crippen LogP contribution is -2.45. The van der Waals surface area contributed by atoms with Gasteiger partial charge in [-0.05, 0) is 13.3 Å². The molecule has 4 N–H and O–H groups in total. The molecule has 0 bridgehead atoms. The fourth-order valence-electron chi connectivity index (χ4n) is 0.952. The van der Waals surface area contributed by atoms with Gasteiger partial charge in [0.15, 0.2) is 0 Å². The van der Waals surface area contributed by atoms with Gasteiger partial charge in [-0.2, -0.15) is 0 Å². The van der Waals surface area contributed by atoms with E-state index in [1.54, 1.807) is 0 Å². The van der Waals surface area contributed by atoms with Crippen molar-refractivity contribution in [1.29, 1.82) is 0 Å². The number of hydrogen-bond donors (Lipinski definition) is 4. The summed E-state index contributed by atoms with van der Waals surface area (Å²) in [6, 6.07) is -1.55. The first-order valence-corrected chi connectivity index (χ1v) is 5.51. The van der Waals surface area contributed by atoms with Gasteiger partial charge in [0.2, 0.25) is 5.91 Å². The summed E-state index contributed by atoms with van der Waals surface area (Å²) in [5.41, 5.74) is 0. The van der Waals surface area contributed by atoms with Crippen LogP contribution in [0.3, 0.4) is 0 Å². The molecule has 7 nitrogen and oxygen atoms in total. The molecule has 0 aromatic rings. The molecule has 0 heterocycles. The maximum atomic E-state index is 11.1. The Hall–Kier alpha value is -1.79. The Bertz CT molecular complexity index is 281. The van der Waals surface area contributed by atoms with Crippen molar-refractivity contribution in [3.63, 3.8) is 0 Å². The first-order chi connectivity index (χ1) is 7.97. The molecule has 3 amide bonds. The Balaban J connectivity index is 3.64. The van der Waals surface area contributed by atoms with Crippen LogP contribution in [-0.2, 0) is 9.59 Å². The van der Waals surface area contributed by atoms with Crippen LogP contribution in [0.5, 0.6) is 0 Å². The summed E-state index contributed by atoms with van der Waals surface area (Å²) in [6.45, 7) is 4.09. The van der Waals surface area contributed by atoms with Crippen LogP contribution in [0.1, 0.15) is 26.7 Å². The molecule has 0 unspecified atom stereocenters. The summed E-state index contributed by atoms with van der Waals surface area (Å²) < 4.78 is 0. The minimum atomic E-state index is -1.11. The molecule has 0 aliphatic carbocycles. The van der Waals surface area contributed by atoms with Gasteiger partial charge >= 0.3 is 12.0 Å². The fourth-order valence-corrected chi connectivity index (χ4v) is 0.952. The van der Waals surface area contributed by atoms with Crippen LogP contribution in [0.4, 0.5) is 4.79 Å². The number of nitrogens with one attached hydrogen (secondary N) is 3. The number of carboxylic acid groups (broad SMARTS) is 1. The van der Waals surface area contributed by atoms with Crippen LogP contribution in [-0.4, -0.2) is 42.1 Å². The Labute approximate surface area is 100.0 Å². The Kier molecular flexibility index (Phi) is 7.49. The number of amides is 3. The van der Waals surface area contributed by atoms with E-state index >= 15 is 0 Å². The van der Waals surface area contributed by atoms with Gasteiger partial charge in [0, 0.05) is 19.5 Å². The van der Waals surface area contributed by atoms with E-state index in [2.05, 4.69) is 16.0 Å². The lowest BCUT2D eigenvalue weighted by Gasteiger charge is -2.10. The second-order valence-corrected chi connectivity index (χ2v) is 3.56. The van der Waals surface area contributed by atoms with E-state index in [-0.39, 0.29) is 18.9 Å². The molecule has 0 aromatic carbocycles. The fraction of sp³-hybridized carbons (Fsp3) is 0.700. The lowest BCUT2D eigenvalue weighted by atomic mass is 10.3. The van der Waals surface area contributed by atoms with Crippen LogP contribution in [0.2, 0.25) is 0 Å². The van der Waals surface area contributed by atoms with Crippen molar-refractivity contribution in [3.05, 3.63) is 0 Å². The topological polar surface area (TPSA) is 108 Å². The summed E-state index contributed by atoms with van der Waals surface area (Å²) in [5, 5.41) is 15.8. The van der Waals surface area contributed by atoms with Crippen LogP contribution >= 0.6 is 0 Å². The number of carbonyl (C=O) groups excluding carboxylic acids is 2. The molecule has 0 aromatic heterocycles. The third-order valence-corrected chi connectivity index (χ3v) is 1.93. The van der Waals surface area contributed by atoms with Crippen molar-refractivity contribution < 1.29 is 19.5 Å². The standard InChI is InChI=1S/C10H19N3O4/c1-3-5-11-8(14)4-6-12-10(17)13-7(2)9(15)16/h7H,3-6H2,1-2H3,(H,11,14)(H,15,16)(H2,12,13,17)/t7-/m0/s1. The van der Waals surface area contributed by atoms with Crippen molar-refractivity contribution in [3.8, 4) is 0 Å². The van der Waals surface area contributed by atoms with Gasteiger partial charge in [-0.1, -0.05) is 6.92 Å². The molecule has 0 saturated carbocycles. The minimum absolute atomic E-state index is 0.140. The summed E-state index contributed by atoms with van der Waals surface area (Å²) in [6.07, 6.45) is 1.03. The van der Waals surface area contributed by atoms with E-state index in [1.807, 2.05) is 6.92 Å². The second-order valence-electron chi connectivity index (χ2n) is 3.56. The molecule has 0 aliphatic heterocycles. The maximum Gasteiger partial charge on any atom is 0.325 e. The Morgan fingerprint density at radius 3 is 2.35 bits per heavy atom. The van der Waals surface area contributed by atoms with Crippen molar-refractivity contribution in [2.75, 3.05) is 13.1 Å². The van der Waals surface area contributed by atoms with Crippen molar-refractivity contribution in [2.24, 2.45) is 0 Å². The minimum Gasteiger partial charge on any atom is -0.480 e. The lowest BCUT2D eigenvalue weighted by molar-refractivity contribution is -0.138. The van der Waals surface area contributed by atoms with E-state index in [4.69, 9.17) is 5.11 Å². The smallest absolute Gasteiger partial charge is 0.325 e. The number of carboxylic acids is 1. The summed E-state index contributed by atoms with van der Waals surface area (Å²) in [7, 11) is 0. The highest BCUT2D eigenvalue weighted by Gasteiger charge is 2.13. The number of rotatable bonds is 7. The number of urea groups is 1. The van der Waals surface area contributed by atoms with E-state index < -0.39 is 18.0 Å². The van der Waals surface area contributed by atoms with Crippen LogP contribution in [0, 0.1) is 0 Å². The second kappa shape index (κ2) is 8.37. The normalized spacial score (nSPS) is 11.4. The van der Waals surface area contributed by atoms with E-state index in [1.165, 1.54) is 6.92 Å². The molecule has 0 spiro atoms. The zero-order valence-electron chi connectivity index (χ0n) is 10.1. The van der Waals surface area contributed by atoms with E-state index in [0.29, 0.717) is 6.54 Å². The van der Waals surface area contributed by atoms with Gasteiger partial charge in [0.1, 0.15) is 6.04 Å². The molecule has 0 rings (SSSR count). The molecule has 0 radical (unpaired) electrons. The highest BCUT2D eigenvalue weighted by molar-refractivity contribution is 5.82. The van der Waals surface area contributed by atoms with Gasteiger partial charge in [0.05, 0.1) is 0 Å². The molecular formula is C10H19N3O4. The van der Waals surface area contributed by atoms with Crippen molar-refractivity contribution in [1.82, 2.24) is 16.0 Å². The average molecular weight is 245 g/mol. The van der Waals surface area contributed by atoms with E-state index in [9.17, 15) is 14.4 Å². The average Bonchev–Trinajstić information content (AvgIpc) is 2.26. The molecule has 0 fully saturated rings. The van der Waals surface area contributed by atoms with Gasteiger partial charge in [-0.25, -0.2) is 4.79 Å². The van der Waals surface area contributed by atoms with Crippen LogP contribution in [0.15, 0.2) is 0 Å². The zero-order chi connectivity index (χ0) is 13.3. The highest BCUT2D eigenvalue weighted by Crippen LogP contribution is 1.82. The summed E-state index contributed by atoms with van der Waals surface area (Å²) in [5.74, 6) is -1.25. The SMILES string of the molecule is CCCNC(=O)CCNC(=O)N[C@@H](C)C(=O)O. The molecule has 0 saturated heterocycles. The number of hydrogen-bond acceptors (Lipinski definition) is 3. The Morgan fingerprint density at radius 2 is 1.82 bits per heavy atom. The zero-order valence-corrected chi connectivity index (χ0v) is 10.1. The molecule has 1 atom stereocenters. The predicted octanol–water partition coefficient (Wildman–Crippen LogP) is -0.325.